The second-order valence-corrected chi connectivity index (χ2v) is 5.77. The van der Waals surface area contributed by atoms with Crippen molar-refractivity contribution in [3.63, 3.8) is 0 Å². The van der Waals surface area contributed by atoms with Gasteiger partial charge in [0.1, 0.15) is 0 Å². The number of nitrogens with zero attached hydrogens (tertiary/aromatic N) is 1. The van der Waals surface area contributed by atoms with Crippen molar-refractivity contribution in [3.8, 4) is 0 Å². The van der Waals surface area contributed by atoms with Gasteiger partial charge in [-0.25, -0.2) is 0 Å². The van der Waals surface area contributed by atoms with E-state index in [0.29, 0.717) is 5.92 Å². The zero-order valence-electron chi connectivity index (χ0n) is 12.0. The van der Waals surface area contributed by atoms with Crippen LogP contribution in [0.3, 0.4) is 0 Å². The van der Waals surface area contributed by atoms with E-state index in [1.807, 2.05) is 11.0 Å². The predicted octanol–water partition coefficient (Wildman–Crippen LogP) is 1.44. The molecule has 1 unspecified atom stereocenters. The third-order valence-electron chi connectivity index (χ3n) is 4.32. The van der Waals surface area contributed by atoms with E-state index in [9.17, 15) is 4.79 Å². The first kappa shape index (κ1) is 13.6. The van der Waals surface area contributed by atoms with Crippen LogP contribution >= 0.6 is 0 Å². The van der Waals surface area contributed by atoms with Gasteiger partial charge in [-0.15, -0.1) is 0 Å². The maximum absolute atomic E-state index is 12.5. The van der Waals surface area contributed by atoms with Crippen LogP contribution in [0.5, 0.6) is 0 Å². The summed E-state index contributed by atoms with van der Waals surface area (Å²) in [6, 6.07) is 6.16. The lowest BCUT2D eigenvalue weighted by Crippen LogP contribution is -2.30. The molecule has 0 saturated carbocycles. The monoisotopic (exact) mass is 274 g/mol. The van der Waals surface area contributed by atoms with Crippen LogP contribution in [0.15, 0.2) is 18.2 Å². The predicted molar refractivity (Wildman–Crippen MR) is 77.7 cm³/mol. The van der Waals surface area contributed by atoms with Crippen molar-refractivity contribution < 1.29 is 9.53 Å². The van der Waals surface area contributed by atoms with E-state index in [-0.39, 0.29) is 5.91 Å². The van der Waals surface area contributed by atoms with E-state index < -0.39 is 0 Å². The van der Waals surface area contributed by atoms with Gasteiger partial charge in [0.15, 0.2) is 0 Å². The summed E-state index contributed by atoms with van der Waals surface area (Å²) in [6.45, 7) is 4.33. The molecular weight excluding hydrogens is 252 g/mol. The van der Waals surface area contributed by atoms with Crippen LogP contribution in [0.4, 0.5) is 0 Å². The van der Waals surface area contributed by atoms with E-state index in [1.165, 1.54) is 11.1 Å². The Morgan fingerprint density at radius 2 is 2.35 bits per heavy atom. The first-order valence-electron chi connectivity index (χ1n) is 7.38. The van der Waals surface area contributed by atoms with Crippen LogP contribution in [0, 0.1) is 5.92 Å². The van der Waals surface area contributed by atoms with Crippen LogP contribution in [0.25, 0.3) is 0 Å². The highest BCUT2D eigenvalue weighted by atomic mass is 16.5. The first-order chi connectivity index (χ1) is 9.78. The van der Waals surface area contributed by atoms with Crippen molar-refractivity contribution in [1.29, 1.82) is 0 Å². The molecule has 1 aromatic rings. The molecule has 0 bridgehead atoms. The fourth-order valence-corrected chi connectivity index (χ4v) is 3.18. The zero-order valence-corrected chi connectivity index (χ0v) is 12.0. The van der Waals surface area contributed by atoms with Crippen molar-refractivity contribution in [3.05, 3.63) is 34.9 Å². The third kappa shape index (κ3) is 2.72. The first-order valence-corrected chi connectivity index (χ1v) is 7.38. The molecule has 4 nitrogen and oxygen atoms in total. The van der Waals surface area contributed by atoms with Crippen LogP contribution in [-0.4, -0.2) is 44.2 Å². The molecule has 1 amide bonds. The molecule has 1 saturated heterocycles. The van der Waals surface area contributed by atoms with Crippen LogP contribution in [0.2, 0.25) is 0 Å². The number of ether oxygens (including phenoxy) is 1. The van der Waals surface area contributed by atoms with Gasteiger partial charge in [-0.3, -0.25) is 4.79 Å². The number of rotatable bonds is 3. The number of hydrogen-bond acceptors (Lipinski definition) is 3. The van der Waals surface area contributed by atoms with Crippen molar-refractivity contribution >= 4 is 5.91 Å². The molecule has 0 aliphatic carbocycles. The molecule has 0 radical (unpaired) electrons. The molecule has 1 atom stereocenters. The Balaban J connectivity index is 1.71. The SMILES string of the molecule is COCC1CCN(C(=O)c2ccc3c(c2)CNCC3)C1. The van der Waals surface area contributed by atoms with Gasteiger partial charge in [0.05, 0.1) is 6.61 Å². The molecule has 1 fully saturated rings. The largest absolute Gasteiger partial charge is 0.384 e. The highest BCUT2D eigenvalue weighted by Gasteiger charge is 2.27. The molecule has 2 aliphatic rings. The lowest BCUT2D eigenvalue weighted by Gasteiger charge is -2.20. The molecule has 2 aliphatic heterocycles. The molecule has 0 spiro atoms. The van der Waals surface area contributed by atoms with E-state index in [1.54, 1.807) is 7.11 Å². The van der Waals surface area contributed by atoms with Crippen molar-refractivity contribution in [2.45, 2.75) is 19.4 Å². The lowest BCUT2D eigenvalue weighted by molar-refractivity contribution is 0.0775. The summed E-state index contributed by atoms with van der Waals surface area (Å²) in [4.78, 5) is 14.5. The van der Waals surface area contributed by atoms with Crippen LogP contribution in [-0.2, 0) is 17.7 Å². The molecule has 1 N–H and O–H groups in total. The standard InChI is InChI=1S/C16H22N2O2/c1-20-11-12-5-7-18(10-12)16(19)14-3-2-13-4-6-17-9-15(13)8-14/h2-3,8,12,17H,4-7,9-11H2,1H3. The molecular formula is C16H22N2O2. The smallest absolute Gasteiger partial charge is 0.253 e. The van der Waals surface area contributed by atoms with E-state index >= 15 is 0 Å². The Kier molecular flexibility index (Phi) is 4.03. The maximum atomic E-state index is 12.5. The van der Waals surface area contributed by atoms with Gasteiger partial charge in [-0.05, 0) is 42.6 Å². The highest BCUT2D eigenvalue weighted by molar-refractivity contribution is 5.94. The van der Waals surface area contributed by atoms with Gasteiger partial charge >= 0.3 is 0 Å². The van der Waals surface area contributed by atoms with Gasteiger partial charge in [-0.2, -0.15) is 0 Å². The fourth-order valence-electron chi connectivity index (χ4n) is 3.18. The molecule has 0 aromatic heterocycles. The summed E-state index contributed by atoms with van der Waals surface area (Å²) in [5, 5.41) is 3.36. The average molecular weight is 274 g/mol. The number of amides is 1. The van der Waals surface area contributed by atoms with Gasteiger partial charge in [-0.1, -0.05) is 6.07 Å². The molecule has 4 heteroatoms. The number of methoxy groups -OCH3 is 1. The minimum absolute atomic E-state index is 0.164. The fraction of sp³-hybridized carbons (Fsp3) is 0.562. The van der Waals surface area contributed by atoms with Gasteiger partial charge < -0.3 is 15.0 Å². The van der Waals surface area contributed by atoms with Crippen molar-refractivity contribution in [2.24, 2.45) is 5.92 Å². The molecule has 108 valence electrons. The molecule has 1 aromatic carbocycles. The summed E-state index contributed by atoms with van der Waals surface area (Å²) < 4.78 is 5.19. The Labute approximate surface area is 120 Å². The number of fused-ring (bicyclic) bond motifs is 1. The van der Waals surface area contributed by atoms with Crippen molar-refractivity contribution in [1.82, 2.24) is 10.2 Å². The average Bonchev–Trinajstić information content (AvgIpc) is 2.95. The van der Waals surface area contributed by atoms with Crippen LogP contribution < -0.4 is 5.32 Å². The summed E-state index contributed by atoms with van der Waals surface area (Å²) in [5.41, 5.74) is 3.47. The topological polar surface area (TPSA) is 41.6 Å². The second kappa shape index (κ2) is 5.94. The van der Waals surface area contributed by atoms with Gasteiger partial charge in [0, 0.05) is 38.2 Å². The zero-order chi connectivity index (χ0) is 13.9. The Hall–Kier alpha value is -1.39. The quantitative estimate of drug-likeness (QED) is 0.907. The highest BCUT2D eigenvalue weighted by Crippen LogP contribution is 2.21. The van der Waals surface area contributed by atoms with Gasteiger partial charge in [0.2, 0.25) is 0 Å². The summed E-state index contributed by atoms with van der Waals surface area (Å²) >= 11 is 0. The van der Waals surface area contributed by atoms with E-state index in [0.717, 1.165) is 51.2 Å². The minimum Gasteiger partial charge on any atom is -0.384 e. The number of likely N-dealkylation sites (tertiary alicyclic amines) is 1. The number of carbonyl (C=O) groups is 1. The summed E-state index contributed by atoms with van der Waals surface area (Å²) in [6.07, 6.45) is 2.11. The Morgan fingerprint density at radius 3 is 3.20 bits per heavy atom. The number of carbonyl (C=O) groups excluding carboxylic acids is 1. The normalized spacial score (nSPS) is 21.9. The van der Waals surface area contributed by atoms with E-state index in [2.05, 4.69) is 17.4 Å². The lowest BCUT2D eigenvalue weighted by atomic mass is 9.98. The summed E-state index contributed by atoms with van der Waals surface area (Å²) in [5.74, 6) is 0.653. The Morgan fingerprint density at radius 1 is 1.45 bits per heavy atom. The molecule has 2 heterocycles. The Bertz CT molecular complexity index is 501. The maximum Gasteiger partial charge on any atom is 0.253 e. The number of benzene rings is 1. The van der Waals surface area contributed by atoms with Crippen LogP contribution in [0.1, 0.15) is 27.9 Å². The minimum atomic E-state index is 0.164. The number of hydrogen-bond donors (Lipinski definition) is 1. The van der Waals surface area contributed by atoms with Gasteiger partial charge in [0.25, 0.3) is 5.91 Å². The third-order valence-corrected chi connectivity index (χ3v) is 4.32. The number of nitrogens with one attached hydrogen (secondary N) is 1. The van der Waals surface area contributed by atoms with E-state index in [4.69, 9.17) is 4.74 Å². The second-order valence-electron chi connectivity index (χ2n) is 5.77. The van der Waals surface area contributed by atoms with Crippen molar-refractivity contribution in [2.75, 3.05) is 33.4 Å². The summed E-state index contributed by atoms with van der Waals surface area (Å²) in [7, 11) is 1.72. The molecule has 3 rings (SSSR count). The molecule has 20 heavy (non-hydrogen) atoms.